The van der Waals surface area contributed by atoms with Crippen molar-refractivity contribution in [1.82, 2.24) is 0 Å². The van der Waals surface area contributed by atoms with Crippen LogP contribution in [0.5, 0.6) is 5.75 Å². The molecular weight excluding hydrogens is 372 g/mol. The van der Waals surface area contributed by atoms with E-state index in [1.165, 1.54) is 0 Å². The fraction of sp³-hybridized carbons (Fsp3) is 0.200. The number of hydrogen-bond donors (Lipinski definition) is 1. The summed E-state index contributed by atoms with van der Waals surface area (Å²) < 4.78 is 7.76. The van der Waals surface area contributed by atoms with Crippen molar-refractivity contribution in [2.24, 2.45) is 0 Å². The third-order valence-corrected chi connectivity index (χ3v) is 4.03. The third kappa shape index (κ3) is 3.81. The topological polar surface area (TPSA) is 29.5 Å². The van der Waals surface area contributed by atoms with Crippen molar-refractivity contribution in [2.75, 3.05) is 0 Å². The van der Waals surface area contributed by atoms with Crippen LogP contribution < -0.4 is 4.74 Å². The van der Waals surface area contributed by atoms with Gasteiger partial charge in [-0.15, -0.1) is 0 Å². The molecule has 0 amide bonds. The molecule has 0 aliphatic carbocycles. The molecule has 0 fully saturated rings. The number of hydrogen-bond acceptors (Lipinski definition) is 2. The molecule has 0 aliphatic rings. The summed E-state index contributed by atoms with van der Waals surface area (Å²) in [6.07, 6.45) is -0.563. The zero-order chi connectivity index (χ0) is 13.8. The number of benzene rings is 2. The van der Waals surface area contributed by atoms with E-state index in [1.807, 2.05) is 42.5 Å². The van der Waals surface area contributed by atoms with Gasteiger partial charge in [0.05, 0.1) is 6.10 Å². The second-order valence-corrected chi connectivity index (χ2v) is 6.01. The summed E-state index contributed by atoms with van der Waals surface area (Å²) in [6.45, 7) is 2.19. The molecule has 19 heavy (non-hydrogen) atoms. The Morgan fingerprint density at radius 3 is 2.58 bits per heavy atom. The van der Waals surface area contributed by atoms with E-state index >= 15 is 0 Å². The maximum absolute atomic E-state index is 9.77. The van der Waals surface area contributed by atoms with Crippen LogP contribution in [0, 0.1) is 0 Å². The Bertz CT molecular complexity index is 568. The van der Waals surface area contributed by atoms with E-state index < -0.39 is 6.10 Å². The lowest BCUT2D eigenvalue weighted by Crippen LogP contribution is -2.01. The summed E-state index contributed by atoms with van der Waals surface area (Å²) in [5.74, 6) is 0.703. The minimum absolute atomic E-state index is 0.461. The molecule has 0 radical (unpaired) electrons. The van der Waals surface area contributed by atoms with Crippen LogP contribution in [0.1, 0.15) is 24.2 Å². The summed E-state index contributed by atoms with van der Waals surface area (Å²) in [4.78, 5) is 0. The largest absolute Gasteiger partial charge is 0.488 e. The highest BCUT2D eigenvalue weighted by atomic mass is 79.9. The van der Waals surface area contributed by atoms with Gasteiger partial charge in [0.1, 0.15) is 12.4 Å². The highest BCUT2D eigenvalue weighted by molar-refractivity contribution is 9.10. The summed E-state index contributed by atoms with van der Waals surface area (Å²) in [6, 6.07) is 13.6. The number of aliphatic hydroxyl groups is 1. The van der Waals surface area contributed by atoms with Crippen molar-refractivity contribution in [2.45, 2.75) is 19.6 Å². The van der Waals surface area contributed by atoms with Crippen molar-refractivity contribution in [3.63, 3.8) is 0 Å². The first-order valence-corrected chi connectivity index (χ1v) is 7.50. The highest BCUT2D eigenvalue weighted by Gasteiger charge is 2.10. The monoisotopic (exact) mass is 384 g/mol. The number of halogens is 2. The summed E-state index contributed by atoms with van der Waals surface area (Å²) >= 11 is 6.89. The van der Waals surface area contributed by atoms with E-state index in [9.17, 15) is 5.11 Å². The van der Waals surface area contributed by atoms with Gasteiger partial charge in [-0.1, -0.05) is 50.1 Å². The van der Waals surface area contributed by atoms with E-state index in [1.54, 1.807) is 6.92 Å². The molecule has 0 aromatic heterocycles. The van der Waals surface area contributed by atoms with Crippen LogP contribution >= 0.6 is 31.9 Å². The molecule has 0 saturated carbocycles. The molecule has 0 heterocycles. The van der Waals surface area contributed by atoms with Gasteiger partial charge in [0.2, 0.25) is 0 Å². The average molecular weight is 386 g/mol. The van der Waals surface area contributed by atoms with Crippen LogP contribution in [0.4, 0.5) is 0 Å². The molecule has 2 aromatic carbocycles. The summed E-state index contributed by atoms with van der Waals surface area (Å²) in [5.41, 5.74) is 1.85. The second-order valence-electron chi connectivity index (χ2n) is 4.24. The molecule has 2 rings (SSSR count). The first-order valence-electron chi connectivity index (χ1n) is 5.91. The molecule has 2 aromatic rings. The zero-order valence-corrected chi connectivity index (χ0v) is 13.6. The fourth-order valence-corrected chi connectivity index (χ4v) is 2.53. The van der Waals surface area contributed by atoms with Crippen LogP contribution in [-0.4, -0.2) is 5.11 Å². The maximum Gasteiger partial charge on any atom is 0.125 e. The van der Waals surface area contributed by atoms with Crippen molar-refractivity contribution >= 4 is 31.9 Å². The van der Waals surface area contributed by atoms with Crippen molar-refractivity contribution in [1.29, 1.82) is 0 Å². The lowest BCUT2D eigenvalue weighted by molar-refractivity contribution is 0.190. The van der Waals surface area contributed by atoms with Gasteiger partial charge in [-0.05, 0) is 31.2 Å². The number of aliphatic hydroxyl groups excluding tert-OH is 1. The van der Waals surface area contributed by atoms with Crippen molar-refractivity contribution in [3.8, 4) is 5.75 Å². The molecule has 1 atom stereocenters. The predicted octanol–water partition coefficient (Wildman–Crippen LogP) is 4.84. The average Bonchev–Trinajstić information content (AvgIpc) is 2.38. The van der Waals surface area contributed by atoms with Gasteiger partial charge in [0, 0.05) is 20.1 Å². The molecule has 0 saturated heterocycles. The quantitative estimate of drug-likeness (QED) is 0.815. The van der Waals surface area contributed by atoms with Crippen LogP contribution in [-0.2, 0) is 6.61 Å². The van der Waals surface area contributed by atoms with Gasteiger partial charge in [0.15, 0.2) is 0 Å². The highest BCUT2D eigenvalue weighted by Crippen LogP contribution is 2.29. The second kappa shape index (κ2) is 6.55. The first kappa shape index (κ1) is 14.6. The smallest absolute Gasteiger partial charge is 0.125 e. The SMILES string of the molecule is C[C@@H](O)c1cc(Br)ccc1OCc1ccccc1Br. The third-order valence-electron chi connectivity index (χ3n) is 2.76. The van der Waals surface area contributed by atoms with Gasteiger partial charge in [-0.2, -0.15) is 0 Å². The predicted molar refractivity (Wildman–Crippen MR) is 83.2 cm³/mol. The van der Waals surface area contributed by atoms with Crippen LogP contribution in [0.25, 0.3) is 0 Å². The first-order chi connectivity index (χ1) is 9.08. The standard InChI is InChI=1S/C15H14Br2O2/c1-10(18)13-8-12(16)6-7-15(13)19-9-11-4-2-3-5-14(11)17/h2-8,10,18H,9H2,1H3/t10-/m1/s1. The van der Waals surface area contributed by atoms with E-state index in [0.29, 0.717) is 12.4 Å². The summed E-state index contributed by atoms with van der Waals surface area (Å²) in [7, 11) is 0. The Kier molecular flexibility index (Phi) is 5.02. The van der Waals surface area contributed by atoms with Gasteiger partial charge in [-0.3, -0.25) is 0 Å². The van der Waals surface area contributed by atoms with E-state index in [4.69, 9.17) is 4.74 Å². The van der Waals surface area contributed by atoms with E-state index in [-0.39, 0.29) is 0 Å². The Hall–Kier alpha value is -0.840. The molecule has 2 nitrogen and oxygen atoms in total. The van der Waals surface area contributed by atoms with Crippen molar-refractivity contribution < 1.29 is 9.84 Å². The Morgan fingerprint density at radius 1 is 1.16 bits per heavy atom. The lowest BCUT2D eigenvalue weighted by Gasteiger charge is -2.14. The van der Waals surface area contributed by atoms with E-state index in [2.05, 4.69) is 31.9 Å². The van der Waals surface area contributed by atoms with Crippen LogP contribution in [0.15, 0.2) is 51.4 Å². The van der Waals surface area contributed by atoms with Gasteiger partial charge in [0.25, 0.3) is 0 Å². The molecule has 0 unspecified atom stereocenters. The van der Waals surface area contributed by atoms with Crippen LogP contribution in [0.2, 0.25) is 0 Å². The zero-order valence-electron chi connectivity index (χ0n) is 10.4. The molecule has 100 valence electrons. The molecule has 1 N–H and O–H groups in total. The lowest BCUT2D eigenvalue weighted by atomic mass is 10.1. The maximum atomic E-state index is 9.77. The van der Waals surface area contributed by atoms with Crippen molar-refractivity contribution in [3.05, 3.63) is 62.5 Å². The minimum Gasteiger partial charge on any atom is -0.488 e. The van der Waals surface area contributed by atoms with Gasteiger partial charge < -0.3 is 9.84 Å². The molecule has 0 spiro atoms. The normalized spacial score (nSPS) is 12.2. The summed E-state index contributed by atoms with van der Waals surface area (Å²) in [5, 5.41) is 9.77. The van der Waals surface area contributed by atoms with E-state index in [0.717, 1.165) is 20.1 Å². The van der Waals surface area contributed by atoms with Crippen LogP contribution in [0.3, 0.4) is 0 Å². The molecular formula is C15H14Br2O2. The Morgan fingerprint density at radius 2 is 1.89 bits per heavy atom. The molecule has 0 aliphatic heterocycles. The molecule has 4 heteroatoms. The van der Waals surface area contributed by atoms with Gasteiger partial charge >= 0.3 is 0 Å². The van der Waals surface area contributed by atoms with Gasteiger partial charge in [-0.25, -0.2) is 0 Å². The number of rotatable bonds is 4. The Labute approximate surface area is 129 Å². The minimum atomic E-state index is -0.563. The fourth-order valence-electron chi connectivity index (χ4n) is 1.75. The Balaban J connectivity index is 2.18. The number of ether oxygens (including phenoxy) is 1. The molecule has 0 bridgehead atoms.